The van der Waals surface area contributed by atoms with E-state index in [1.54, 1.807) is 0 Å². The molecule has 0 amide bonds. The molecule has 0 saturated carbocycles. The van der Waals surface area contributed by atoms with Crippen LogP contribution in [0.15, 0.2) is 6.33 Å². The third-order valence-electron chi connectivity index (χ3n) is 3.74. The second kappa shape index (κ2) is 7.51. The number of hydrogen-bond acceptors (Lipinski definition) is 11. The lowest BCUT2D eigenvalue weighted by molar-refractivity contribution is -0.0509. The average Bonchev–Trinajstić information content (AvgIpc) is 3.02. The molecule has 2 unspecified atom stereocenters. The third kappa shape index (κ3) is 4.32. The van der Waals surface area contributed by atoms with Gasteiger partial charge in [0.25, 0.3) is 0 Å². The predicted molar refractivity (Wildman–Crippen MR) is 92.0 cm³/mol. The number of nitrogens with two attached hydrogens (primary N) is 1. The standard InChI is InChI=1S/C10H15N5O10P2S/c11-7-4-8(13-2-12-7)15(10(28)14-4)9-6(17)5(16)3(24-9)1-23-27(21,22)25-26(18,19)20/h2-3,5-6,9,16-17H,1H2,(H,14,28)(H,21,22)(H2,11,12,13)(H2,18,19,20)/t3-,5-,6-,9?/m0/s1. The zero-order chi connectivity index (χ0) is 20.9. The molecule has 0 aromatic carbocycles. The van der Waals surface area contributed by atoms with Crippen LogP contribution in [0.2, 0.25) is 0 Å². The molecule has 8 N–H and O–H groups in total. The van der Waals surface area contributed by atoms with Gasteiger partial charge in [-0.15, -0.1) is 0 Å². The number of H-pyrrole nitrogens is 1. The maximum absolute atomic E-state index is 11.5. The first-order chi connectivity index (χ1) is 12.9. The number of anilines is 1. The van der Waals surface area contributed by atoms with Crippen LogP contribution in [0.3, 0.4) is 0 Å². The van der Waals surface area contributed by atoms with Crippen molar-refractivity contribution in [3.63, 3.8) is 0 Å². The fraction of sp³-hybridized carbons (Fsp3) is 0.500. The number of aromatic nitrogens is 4. The molecule has 5 atom stereocenters. The van der Waals surface area contributed by atoms with Gasteiger partial charge in [-0.2, -0.15) is 4.31 Å². The largest absolute Gasteiger partial charge is 0.481 e. The lowest BCUT2D eigenvalue weighted by Gasteiger charge is -2.17. The van der Waals surface area contributed by atoms with Crippen LogP contribution in [0.5, 0.6) is 0 Å². The van der Waals surface area contributed by atoms with Crippen LogP contribution in [-0.4, -0.2) is 69.3 Å². The first kappa shape index (κ1) is 21.4. The highest BCUT2D eigenvalue weighted by Gasteiger charge is 2.46. The van der Waals surface area contributed by atoms with Crippen molar-refractivity contribution in [1.29, 1.82) is 0 Å². The molecule has 0 radical (unpaired) electrons. The minimum Gasteiger partial charge on any atom is -0.387 e. The number of nitrogens with zero attached hydrogens (tertiary/aromatic N) is 3. The Hall–Kier alpha value is -1.29. The first-order valence-electron chi connectivity index (χ1n) is 7.36. The van der Waals surface area contributed by atoms with Gasteiger partial charge in [-0.1, -0.05) is 0 Å². The molecular weight excluding hydrogens is 444 g/mol. The summed E-state index contributed by atoms with van der Waals surface area (Å²) in [5.41, 5.74) is 6.17. The Kier molecular flexibility index (Phi) is 5.75. The van der Waals surface area contributed by atoms with Crippen molar-refractivity contribution in [1.82, 2.24) is 19.5 Å². The number of fused-ring (bicyclic) bond motifs is 1. The monoisotopic (exact) mass is 459 g/mol. The van der Waals surface area contributed by atoms with Crippen molar-refractivity contribution in [2.75, 3.05) is 12.3 Å². The van der Waals surface area contributed by atoms with Crippen molar-refractivity contribution in [3.05, 3.63) is 11.1 Å². The second-order valence-corrected chi connectivity index (χ2v) is 8.86. The third-order valence-corrected chi connectivity index (χ3v) is 6.19. The molecule has 1 aliphatic heterocycles. The van der Waals surface area contributed by atoms with Crippen molar-refractivity contribution in [2.45, 2.75) is 24.5 Å². The number of aliphatic hydroxyl groups is 2. The zero-order valence-corrected chi connectivity index (χ0v) is 16.2. The summed E-state index contributed by atoms with van der Waals surface area (Å²) in [6, 6.07) is 0. The minimum absolute atomic E-state index is 0.0395. The first-order valence-corrected chi connectivity index (χ1v) is 10.8. The van der Waals surface area contributed by atoms with Gasteiger partial charge in [-0.05, 0) is 12.2 Å². The predicted octanol–water partition coefficient (Wildman–Crippen LogP) is -1.08. The van der Waals surface area contributed by atoms with Gasteiger partial charge in [0.1, 0.15) is 30.2 Å². The normalized spacial score (nSPS) is 27.9. The number of rotatable bonds is 6. The van der Waals surface area contributed by atoms with E-state index in [0.717, 1.165) is 6.33 Å². The van der Waals surface area contributed by atoms with Crippen LogP contribution in [0.4, 0.5) is 5.82 Å². The molecule has 2 aromatic heterocycles. The Morgan fingerprint density at radius 1 is 1.29 bits per heavy atom. The van der Waals surface area contributed by atoms with E-state index in [1.807, 2.05) is 0 Å². The van der Waals surface area contributed by atoms with E-state index < -0.39 is 46.8 Å². The maximum Gasteiger partial charge on any atom is 0.481 e. The molecule has 0 aliphatic carbocycles. The summed E-state index contributed by atoms with van der Waals surface area (Å²) in [5.74, 6) is 0.0820. The lowest BCUT2D eigenvalue weighted by atomic mass is 10.1. The molecule has 28 heavy (non-hydrogen) atoms. The number of nitrogens with one attached hydrogen (secondary N) is 1. The van der Waals surface area contributed by atoms with Gasteiger partial charge >= 0.3 is 15.6 Å². The van der Waals surface area contributed by atoms with E-state index in [1.165, 1.54) is 4.57 Å². The van der Waals surface area contributed by atoms with Crippen molar-refractivity contribution in [2.24, 2.45) is 0 Å². The van der Waals surface area contributed by atoms with Crippen LogP contribution >= 0.6 is 27.9 Å². The minimum atomic E-state index is -5.31. The number of hydrogen-bond donors (Lipinski definition) is 7. The van der Waals surface area contributed by atoms with Crippen LogP contribution in [0.1, 0.15) is 6.23 Å². The molecule has 3 rings (SSSR count). The Morgan fingerprint density at radius 3 is 2.61 bits per heavy atom. The highest BCUT2D eigenvalue weighted by Crippen LogP contribution is 2.57. The highest BCUT2D eigenvalue weighted by atomic mass is 32.1. The second-order valence-electron chi connectivity index (χ2n) is 5.64. The number of phosphoric ester groups is 1. The van der Waals surface area contributed by atoms with Crippen LogP contribution < -0.4 is 5.73 Å². The van der Waals surface area contributed by atoms with E-state index in [2.05, 4.69) is 23.8 Å². The molecule has 15 nitrogen and oxygen atoms in total. The molecular formula is C10H15N5O10P2S. The zero-order valence-electron chi connectivity index (χ0n) is 13.6. The summed E-state index contributed by atoms with van der Waals surface area (Å²) in [4.78, 5) is 37.0. The summed E-state index contributed by atoms with van der Waals surface area (Å²) in [7, 11) is -10.5. The van der Waals surface area contributed by atoms with Crippen molar-refractivity contribution >= 4 is 44.8 Å². The number of ether oxygens (including phenoxy) is 1. The SMILES string of the molecule is Nc1ncnc2c1[nH]c(=S)n2C1O[C@@H](COP(=O)(O)OP(=O)(O)O)[C@H](O)[C@@H]1O. The van der Waals surface area contributed by atoms with Crippen LogP contribution in [0.25, 0.3) is 11.2 Å². The van der Waals surface area contributed by atoms with E-state index in [9.17, 15) is 24.2 Å². The van der Waals surface area contributed by atoms with Gasteiger partial charge in [0.2, 0.25) is 0 Å². The Labute approximate surface area is 160 Å². The molecule has 1 fully saturated rings. The van der Waals surface area contributed by atoms with Crippen LogP contribution in [-0.2, 0) is 22.7 Å². The van der Waals surface area contributed by atoms with Gasteiger partial charge in [0.15, 0.2) is 22.5 Å². The molecule has 2 aromatic rings. The summed E-state index contributed by atoms with van der Waals surface area (Å²) in [5, 5.41) is 20.4. The fourth-order valence-corrected chi connectivity index (χ4v) is 4.49. The van der Waals surface area contributed by atoms with E-state index in [4.69, 9.17) is 32.5 Å². The van der Waals surface area contributed by atoms with Crippen molar-refractivity contribution in [3.8, 4) is 0 Å². The molecule has 18 heteroatoms. The van der Waals surface area contributed by atoms with E-state index in [-0.39, 0.29) is 21.8 Å². The van der Waals surface area contributed by atoms with Crippen LogP contribution in [0, 0.1) is 4.77 Å². The number of aliphatic hydroxyl groups excluding tert-OH is 2. The average molecular weight is 459 g/mol. The van der Waals surface area contributed by atoms with E-state index >= 15 is 0 Å². The molecule has 0 bridgehead atoms. The number of imidazole rings is 1. The molecule has 1 saturated heterocycles. The molecule has 0 spiro atoms. The summed E-state index contributed by atoms with van der Waals surface area (Å²) in [6.07, 6.45) is -4.66. The smallest absolute Gasteiger partial charge is 0.387 e. The van der Waals surface area contributed by atoms with E-state index in [0.29, 0.717) is 0 Å². The fourth-order valence-electron chi connectivity index (χ4n) is 2.60. The number of nitrogen functional groups attached to an aromatic ring is 1. The summed E-state index contributed by atoms with van der Waals surface area (Å²) >= 11 is 5.15. The van der Waals surface area contributed by atoms with Gasteiger partial charge < -0.3 is 40.3 Å². The van der Waals surface area contributed by atoms with Gasteiger partial charge in [0, 0.05) is 0 Å². The topological polar surface area (TPSA) is 235 Å². The number of aromatic amines is 1. The maximum atomic E-state index is 11.5. The lowest BCUT2D eigenvalue weighted by Crippen LogP contribution is -2.33. The summed E-state index contributed by atoms with van der Waals surface area (Å²) < 4.78 is 36.9. The highest BCUT2D eigenvalue weighted by molar-refractivity contribution is 7.71. The summed E-state index contributed by atoms with van der Waals surface area (Å²) in [6.45, 7) is -0.838. The Morgan fingerprint density at radius 2 is 1.96 bits per heavy atom. The Bertz CT molecular complexity index is 1040. The quantitative estimate of drug-likeness (QED) is 0.201. The van der Waals surface area contributed by atoms with Crippen molar-refractivity contribution < 1.29 is 47.6 Å². The molecule has 156 valence electrons. The molecule has 3 heterocycles. The Balaban J connectivity index is 1.81. The van der Waals surface area contributed by atoms with Gasteiger partial charge in [0.05, 0.1) is 6.61 Å². The molecule has 1 aliphatic rings. The van der Waals surface area contributed by atoms with Gasteiger partial charge in [-0.25, -0.2) is 19.1 Å². The van der Waals surface area contributed by atoms with Gasteiger partial charge in [-0.3, -0.25) is 9.09 Å². The number of phosphoric acid groups is 2.